The number of nitrogens with zero attached hydrogens (tertiary/aromatic N) is 2. The van der Waals surface area contributed by atoms with E-state index in [0.717, 1.165) is 48.1 Å². The van der Waals surface area contributed by atoms with Crippen LogP contribution in [0.5, 0.6) is 0 Å². The fourth-order valence-corrected chi connectivity index (χ4v) is 5.71. The normalized spacial score (nSPS) is 17.9. The number of carbonyl (C=O) groups is 1. The predicted octanol–water partition coefficient (Wildman–Crippen LogP) is 6.76. The van der Waals surface area contributed by atoms with Crippen LogP contribution in [0.15, 0.2) is 51.4 Å². The van der Waals surface area contributed by atoms with E-state index < -0.39 is 0 Å². The average molecular weight is 593 g/mol. The maximum absolute atomic E-state index is 13.4. The second-order valence-corrected chi connectivity index (χ2v) is 10.6. The van der Waals surface area contributed by atoms with E-state index in [1.807, 2.05) is 32.3 Å². The summed E-state index contributed by atoms with van der Waals surface area (Å²) in [4.78, 5) is 19.3. The molecule has 180 valence electrons. The van der Waals surface area contributed by atoms with Gasteiger partial charge in [-0.1, -0.05) is 18.2 Å². The molecule has 6 nitrogen and oxygen atoms in total. The zero-order valence-electron chi connectivity index (χ0n) is 19.2. The molecule has 3 aromatic rings. The second-order valence-electron chi connectivity index (χ2n) is 8.88. The van der Waals surface area contributed by atoms with Crippen LogP contribution in [-0.4, -0.2) is 37.7 Å². The molecule has 1 aromatic heterocycles. The van der Waals surface area contributed by atoms with Gasteiger partial charge < -0.3 is 20.9 Å². The standard InChI is InChI=1S/C25H28Br2FN5O/c1-33(2)22-13-23(31-21-6-4-3-5-18(21)22)30-17-9-7-15(8-10-17)14-29-25(34)32-24-19(26)11-16(28)12-20(24)27/h3-6,11-13,15,17H,7-10,14H2,1-2H3,(H,30,31)(H2,29,32,34)/t15-,17+. The summed E-state index contributed by atoms with van der Waals surface area (Å²) in [5, 5.41) is 10.5. The van der Waals surface area contributed by atoms with E-state index in [4.69, 9.17) is 4.98 Å². The van der Waals surface area contributed by atoms with Crippen molar-refractivity contribution in [3.8, 4) is 0 Å². The van der Waals surface area contributed by atoms with Crippen molar-refractivity contribution in [1.29, 1.82) is 0 Å². The molecule has 0 spiro atoms. The Hall–Kier alpha value is -2.39. The lowest BCUT2D eigenvalue weighted by atomic mass is 9.86. The third kappa shape index (κ3) is 5.99. The molecule has 4 rings (SSSR count). The van der Waals surface area contributed by atoms with Crippen LogP contribution in [0, 0.1) is 11.7 Å². The van der Waals surface area contributed by atoms with Gasteiger partial charge in [0.1, 0.15) is 11.6 Å². The number of aromatic nitrogens is 1. The molecule has 2 aromatic carbocycles. The van der Waals surface area contributed by atoms with E-state index in [9.17, 15) is 9.18 Å². The van der Waals surface area contributed by atoms with Gasteiger partial charge in [-0.3, -0.25) is 0 Å². The number of hydrogen-bond donors (Lipinski definition) is 3. The Labute approximate surface area is 216 Å². The molecule has 1 heterocycles. The van der Waals surface area contributed by atoms with Crippen molar-refractivity contribution in [2.45, 2.75) is 31.7 Å². The maximum Gasteiger partial charge on any atom is 0.319 e. The van der Waals surface area contributed by atoms with Gasteiger partial charge in [-0.25, -0.2) is 14.2 Å². The van der Waals surface area contributed by atoms with E-state index >= 15 is 0 Å². The first-order valence-corrected chi connectivity index (χ1v) is 12.9. The number of fused-ring (bicyclic) bond motifs is 1. The Balaban J connectivity index is 1.28. The van der Waals surface area contributed by atoms with Crippen LogP contribution < -0.4 is 20.9 Å². The van der Waals surface area contributed by atoms with E-state index in [-0.39, 0.29) is 11.8 Å². The number of urea groups is 1. The van der Waals surface area contributed by atoms with Crippen LogP contribution in [0.3, 0.4) is 0 Å². The number of carbonyl (C=O) groups excluding carboxylic acids is 1. The highest BCUT2D eigenvalue weighted by Crippen LogP contribution is 2.32. The van der Waals surface area contributed by atoms with E-state index in [2.05, 4.69) is 64.8 Å². The molecular formula is C25H28Br2FN5O. The van der Waals surface area contributed by atoms with Crippen LogP contribution in [0.2, 0.25) is 0 Å². The minimum absolute atomic E-state index is 0.301. The van der Waals surface area contributed by atoms with E-state index in [1.165, 1.54) is 12.1 Å². The Bertz CT molecular complexity index is 1160. The van der Waals surface area contributed by atoms with Gasteiger partial charge in [-0.05, 0) is 81.7 Å². The quantitative estimate of drug-likeness (QED) is 0.296. The molecule has 1 aliphatic carbocycles. The van der Waals surface area contributed by atoms with Gasteiger partial charge in [-0.15, -0.1) is 0 Å². The van der Waals surface area contributed by atoms with E-state index in [1.54, 1.807) is 0 Å². The molecule has 1 saturated carbocycles. The highest BCUT2D eigenvalue weighted by molar-refractivity contribution is 9.11. The van der Waals surface area contributed by atoms with Gasteiger partial charge >= 0.3 is 6.03 Å². The van der Waals surface area contributed by atoms with Crippen LogP contribution in [0.25, 0.3) is 10.9 Å². The highest BCUT2D eigenvalue weighted by atomic mass is 79.9. The SMILES string of the molecule is CN(C)c1cc(N[C@H]2CC[C@@H](CNC(=O)Nc3c(Br)cc(F)cc3Br)CC2)nc2ccccc12. The molecular weight excluding hydrogens is 565 g/mol. The van der Waals surface area contributed by atoms with Crippen LogP contribution in [0.1, 0.15) is 25.7 Å². The molecule has 0 bridgehead atoms. The van der Waals surface area contributed by atoms with Gasteiger partial charge in [0.05, 0.1) is 11.2 Å². The third-order valence-corrected chi connectivity index (χ3v) is 7.42. The van der Waals surface area contributed by atoms with Crippen molar-refractivity contribution in [3.63, 3.8) is 0 Å². The number of para-hydroxylation sites is 1. The monoisotopic (exact) mass is 591 g/mol. The molecule has 0 saturated heterocycles. The smallest absolute Gasteiger partial charge is 0.319 e. The summed E-state index contributed by atoms with van der Waals surface area (Å²) < 4.78 is 14.4. The van der Waals surface area contributed by atoms with Crippen molar-refractivity contribution in [2.24, 2.45) is 5.92 Å². The summed E-state index contributed by atoms with van der Waals surface area (Å²) in [7, 11) is 4.10. The maximum atomic E-state index is 13.4. The highest BCUT2D eigenvalue weighted by Gasteiger charge is 2.22. The molecule has 0 aliphatic heterocycles. The number of nitrogens with one attached hydrogen (secondary N) is 3. The van der Waals surface area contributed by atoms with Crippen molar-refractivity contribution < 1.29 is 9.18 Å². The number of rotatable bonds is 6. The largest absolute Gasteiger partial charge is 0.377 e. The number of halogens is 3. The lowest BCUT2D eigenvalue weighted by molar-refractivity contribution is 0.246. The molecule has 9 heteroatoms. The van der Waals surface area contributed by atoms with Crippen LogP contribution in [-0.2, 0) is 0 Å². The van der Waals surface area contributed by atoms with E-state index in [0.29, 0.717) is 33.1 Å². The van der Waals surface area contributed by atoms with Crippen LogP contribution in [0.4, 0.5) is 26.4 Å². The molecule has 1 aliphatic rings. The second kappa shape index (κ2) is 10.9. The first-order valence-electron chi connectivity index (χ1n) is 11.3. The van der Waals surface area contributed by atoms with Crippen molar-refractivity contribution in [3.05, 3.63) is 57.2 Å². The third-order valence-electron chi connectivity index (χ3n) is 6.17. The molecule has 0 atom stereocenters. The van der Waals surface area contributed by atoms with Gasteiger partial charge in [0.25, 0.3) is 0 Å². The molecule has 0 radical (unpaired) electrons. The predicted molar refractivity (Wildman–Crippen MR) is 144 cm³/mol. The average Bonchev–Trinajstić information content (AvgIpc) is 2.80. The van der Waals surface area contributed by atoms with Gasteiger partial charge in [0.2, 0.25) is 0 Å². The minimum Gasteiger partial charge on any atom is -0.377 e. The van der Waals surface area contributed by atoms with Crippen molar-refractivity contribution in [2.75, 3.05) is 36.2 Å². The zero-order valence-corrected chi connectivity index (χ0v) is 22.3. The summed E-state index contributed by atoms with van der Waals surface area (Å²) >= 11 is 6.57. The number of anilines is 3. The van der Waals surface area contributed by atoms with Crippen molar-refractivity contribution in [1.82, 2.24) is 10.3 Å². The fourth-order valence-electron chi connectivity index (χ4n) is 4.38. The Kier molecular flexibility index (Phi) is 7.93. The number of pyridine rings is 1. The Morgan fingerprint density at radius 1 is 1.09 bits per heavy atom. The lowest BCUT2D eigenvalue weighted by Gasteiger charge is -2.30. The summed E-state index contributed by atoms with van der Waals surface area (Å²) in [6.07, 6.45) is 4.09. The Morgan fingerprint density at radius 3 is 2.44 bits per heavy atom. The molecule has 2 amide bonds. The Morgan fingerprint density at radius 2 is 1.76 bits per heavy atom. The molecule has 34 heavy (non-hydrogen) atoms. The summed E-state index contributed by atoms with van der Waals surface area (Å²) in [6, 6.07) is 13.0. The van der Waals surface area contributed by atoms with Gasteiger partial charge in [0, 0.05) is 52.8 Å². The molecule has 1 fully saturated rings. The van der Waals surface area contributed by atoms with Gasteiger partial charge in [-0.2, -0.15) is 0 Å². The molecule has 0 unspecified atom stereocenters. The fraction of sp³-hybridized carbons (Fsp3) is 0.360. The van der Waals surface area contributed by atoms with Gasteiger partial charge in [0.15, 0.2) is 0 Å². The van der Waals surface area contributed by atoms with Crippen molar-refractivity contribution >= 4 is 66.0 Å². The summed E-state index contributed by atoms with van der Waals surface area (Å²) in [5.41, 5.74) is 2.64. The number of hydrogen-bond acceptors (Lipinski definition) is 4. The summed E-state index contributed by atoms with van der Waals surface area (Å²) in [6.45, 7) is 0.605. The van der Waals surface area contributed by atoms with Crippen LogP contribution >= 0.6 is 31.9 Å². The minimum atomic E-state index is -0.382. The lowest BCUT2D eigenvalue weighted by Crippen LogP contribution is -2.36. The zero-order chi connectivity index (χ0) is 24.2. The topological polar surface area (TPSA) is 69.3 Å². The summed E-state index contributed by atoms with van der Waals surface area (Å²) in [5.74, 6) is 0.941. The number of amides is 2. The number of benzene rings is 2. The first-order chi connectivity index (χ1) is 16.3. The first kappa shape index (κ1) is 24.7. The molecule has 3 N–H and O–H groups in total.